The van der Waals surface area contributed by atoms with Gasteiger partial charge < -0.3 is 5.32 Å². The SMILES string of the molecule is Cc1ccc(C)c(NC(C)c2ccc(C#N)cc2)c1. The molecule has 2 aromatic carbocycles. The second kappa shape index (κ2) is 5.58. The van der Waals surface area contributed by atoms with E-state index in [1.807, 2.05) is 24.3 Å². The maximum absolute atomic E-state index is 8.80. The third-order valence-electron chi connectivity index (χ3n) is 3.30. The molecule has 1 atom stereocenters. The minimum absolute atomic E-state index is 0.216. The summed E-state index contributed by atoms with van der Waals surface area (Å²) in [7, 11) is 0. The Morgan fingerprint density at radius 3 is 2.37 bits per heavy atom. The first-order valence-electron chi connectivity index (χ1n) is 6.44. The highest BCUT2D eigenvalue weighted by molar-refractivity contribution is 5.54. The molecule has 0 saturated carbocycles. The number of nitrogens with one attached hydrogen (secondary N) is 1. The van der Waals surface area contributed by atoms with Crippen molar-refractivity contribution in [2.75, 3.05) is 5.32 Å². The van der Waals surface area contributed by atoms with Gasteiger partial charge in [0, 0.05) is 11.7 Å². The fraction of sp³-hybridized carbons (Fsp3) is 0.235. The van der Waals surface area contributed by atoms with Crippen molar-refractivity contribution in [2.24, 2.45) is 0 Å². The van der Waals surface area contributed by atoms with Gasteiger partial charge in [0.25, 0.3) is 0 Å². The first-order chi connectivity index (χ1) is 9.10. The Hall–Kier alpha value is -2.27. The van der Waals surface area contributed by atoms with Crippen LogP contribution in [0, 0.1) is 25.2 Å². The number of nitrogens with zero attached hydrogens (tertiary/aromatic N) is 1. The monoisotopic (exact) mass is 250 g/mol. The molecule has 0 radical (unpaired) electrons. The number of anilines is 1. The van der Waals surface area contributed by atoms with Gasteiger partial charge in [-0.15, -0.1) is 0 Å². The molecule has 0 bridgehead atoms. The highest BCUT2D eigenvalue weighted by Crippen LogP contribution is 2.23. The second-order valence-electron chi connectivity index (χ2n) is 4.92. The van der Waals surface area contributed by atoms with Gasteiger partial charge in [-0.3, -0.25) is 0 Å². The van der Waals surface area contributed by atoms with Gasteiger partial charge in [-0.1, -0.05) is 24.3 Å². The molecule has 0 heterocycles. The lowest BCUT2D eigenvalue weighted by molar-refractivity contribution is 0.882. The van der Waals surface area contributed by atoms with Crippen LogP contribution in [-0.2, 0) is 0 Å². The molecule has 0 saturated heterocycles. The van der Waals surface area contributed by atoms with E-state index in [1.54, 1.807) is 0 Å². The lowest BCUT2D eigenvalue weighted by Crippen LogP contribution is -2.07. The Labute approximate surface area is 114 Å². The summed E-state index contributed by atoms with van der Waals surface area (Å²) in [5, 5.41) is 12.3. The van der Waals surface area contributed by atoms with Crippen molar-refractivity contribution >= 4 is 5.69 Å². The van der Waals surface area contributed by atoms with Crippen LogP contribution in [0.2, 0.25) is 0 Å². The standard InChI is InChI=1S/C17H18N2/c1-12-4-5-13(2)17(10-12)19-14(3)16-8-6-15(11-18)7-9-16/h4-10,14,19H,1-3H3. The quantitative estimate of drug-likeness (QED) is 0.879. The molecule has 2 rings (SSSR count). The third-order valence-corrected chi connectivity index (χ3v) is 3.30. The molecule has 0 spiro atoms. The number of hydrogen-bond donors (Lipinski definition) is 1. The van der Waals surface area contributed by atoms with Gasteiger partial charge in [-0.2, -0.15) is 5.26 Å². The van der Waals surface area contributed by atoms with E-state index in [-0.39, 0.29) is 6.04 Å². The fourth-order valence-electron chi connectivity index (χ4n) is 2.05. The van der Waals surface area contributed by atoms with Gasteiger partial charge in [-0.25, -0.2) is 0 Å². The minimum Gasteiger partial charge on any atom is -0.378 e. The normalized spacial score (nSPS) is 11.7. The van der Waals surface area contributed by atoms with Crippen LogP contribution >= 0.6 is 0 Å². The molecule has 2 nitrogen and oxygen atoms in total. The number of nitriles is 1. The lowest BCUT2D eigenvalue weighted by Gasteiger charge is -2.18. The number of benzene rings is 2. The molecule has 0 fully saturated rings. The number of rotatable bonds is 3. The number of aryl methyl sites for hydroxylation is 2. The average Bonchev–Trinajstić information content (AvgIpc) is 2.43. The Kier molecular flexibility index (Phi) is 3.87. The summed E-state index contributed by atoms with van der Waals surface area (Å²) in [6, 6.07) is 16.5. The van der Waals surface area contributed by atoms with Gasteiger partial charge in [0.2, 0.25) is 0 Å². The van der Waals surface area contributed by atoms with E-state index < -0.39 is 0 Å². The van der Waals surface area contributed by atoms with Crippen LogP contribution in [0.25, 0.3) is 0 Å². The molecule has 2 heteroatoms. The van der Waals surface area contributed by atoms with E-state index in [9.17, 15) is 0 Å². The van der Waals surface area contributed by atoms with Crippen molar-refractivity contribution in [1.29, 1.82) is 5.26 Å². The largest absolute Gasteiger partial charge is 0.378 e. The first kappa shape index (κ1) is 13.2. The van der Waals surface area contributed by atoms with E-state index >= 15 is 0 Å². The van der Waals surface area contributed by atoms with Crippen LogP contribution in [0.3, 0.4) is 0 Å². The van der Waals surface area contributed by atoms with E-state index in [1.165, 1.54) is 16.7 Å². The summed E-state index contributed by atoms with van der Waals surface area (Å²) in [6.45, 7) is 6.33. The Balaban J connectivity index is 2.18. The average molecular weight is 250 g/mol. The lowest BCUT2D eigenvalue weighted by atomic mass is 10.0. The second-order valence-corrected chi connectivity index (χ2v) is 4.92. The van der Waals surface area contributed by atoms with Crippen LogP contribution in [0.1, 0.15) is 35.2 Å². The maximum Gasteiger partial charge on any atom is 0.0991 e. The molecule has 96 valence electrons. The Morgan fingerprint density at radius 2 is 1.74 bits per heavy atom. The molecular formula is C17H18N2. The summed E-state index contributed by atoms with van der Waals surface area (Å²) in [5.74, 6) is 0. The minimum atomic E-state index is 0.216. The highest BCUT2D eigenvalue weighted by atomic mass is 14.9. The zero-order valence-corrected chi connectivity index (χ0v) is 11.6. The van der Waals surface area contributed by atoms with Crippen molar-refractivity contribution in [2.45, 2.75) is 26.8 Å². The summed E-state index contributed by atoms with van der Waals surface area (Å²) >= 11 is 0. The van der Waals surface area contributed by atoms with Crippen LogP contribution in [0.15, 0.2) is 42.5 Å². The van der Waals surface area contributed by atoms with Crippen molar-refractivity contribution in [3.63, 3.8) is 0 Å². The summed E-state index contributed by atoms with van der Waals surface area (Å²) in [4.78, 5) is 0. The predicted molar refractivity (Wildman–Crippen MR) is 79.1 cm³/mol. The van der Waals surface area contributed by atoms with Gasteiger partial charge in [0.05, 0.1) is 11.6 Å². The molecule has 0 aliphatic heterocycles. The molecule has 2 aromatic rings. The van der Waals surface area contributed by atoms with E-state index in [2.05, 4.69) is 50.4 Å². The van der Waals surface area contributed by atoms with E-state index in [0.29, 0.717) is 5.56 Å². The highest BCUT2D eigenvalue weighted by Gasteiger charge is 2.07. The van der Waals surface area contributed by atoms with Gasteiger partial charge in [0.1, 0.15) is 0 Å². The number of hydrogen-bond acceptors (Lipinski definition) is 2. The predicted octanol–water partition coefficient (Wildman–Crippen LogP) is 4.35. The molecule has 1 unspecified atom stereocenters. The molecule has 19 heavy (non-hydrogen) atoms. The van der Waals surface area contributed by atoms with Crippen molar-refractivity contribution in [3.05, 3.63) is 64.7 Å². The van der Waals surface area contributed by atoms with Gasteiger partial charge in [-0.05, 0) is 55.7 Å². The van der Waals surface area contributed by atoms with Crippen molar-refractivity contribution < 1.29 is 0 Å². The molecule has 0 aromatic heterocycles. The maximum atomic E-state index is 8.80. The molecule has 0 amide bonds. The van der Waals surface area contributed by atoms with Gasteiger partial charge in [0.15, 0.2) is 0 Å². The molecular weight excluding hydrogens is 232 g/mol. The zero-order valence-electron chi connectivity index (χ0n) is 11.6. The van der Waals surface area contributed by atoms with Crippen LogP contribution < -0.4 is 5.32 Å². The van der Waals surface area contributed by atoms with E-state index in [4.69, 9.17) is 5.26 Å². The summed E-state index contributed by atoms with van der Waals surface area (Å²) < 4.78 is 0. The molecule has 0 aliphatic carbocycles. The Bertz CT molecular complexity index is 606. The smallest absolute Gasteiger partial charge is 0.0991 e. The van der Waals surface area contributed by atoms with Crippen LogP contribution in [0.4, 0.5) is 5.69 Å². The summed E-state index contributed by atoms with van der Waals surface area (Å²) in [6.07, 6.45) is 0. The zero-order chi connectivity index (χ0) is 13.8. The van der Waals surface area contributed by atoms with E-state index in [0.717, 1.165) is 5.69 Å². The van der Waals surface area contributed by atoms with Crippen molar-refractivity contribution in [1.82, 2.24) is 0 Å². The Morgan fingerprint density at radius 1 is 1.05 bits per heavy atom. The van der Waals surface area contributed by atoms with Gasteiger partial charge >= 0.3 is 0 Å². The fourth-order valence-corrected chi connectivity index (χ4v) is 2.05. The van der Waals surface area contributed by atoms with Crippen LogP contribution in [-0.4, -0.2) is 0 Å². The van der Waals surface area contributed by atoms with Crippen LogP contribution in [0.5, 0.6) is 0 Å². The third kappa shape index (κ3) is 3.14. The topological polar surface area (TPSA) is 35.8 Å². The molecule has 1 N–H and O–H groups in total. The molecule has 0 aliphatic rings. The van der Waals surface area contributed by atoms with Crippen molar-refractivity contribution in [3.8, 4) is 6.07 Å². The first-order valence-corrected chi connectivity index (χ1v) is 6.44. The summed E-state index contributed by atoms with van der Waals surface area (Å²) in [5.41, 5.74) is 5.53.